The van der Waals surface area contributed by atoms with Gasteiger partial charge >= 0.3 is 30.2 Å². The third-order valence-corrected chi connectivity index (χ3v) is 5.72. The SMILES string of the molecule is CCOC(Cc1ccc(OCCN(CCOC(F)(F)C(F)(F)C(F)(F)F)C(=O)NCc2ccc(F)cc2F)cc1)C(=O)O. The van der Waals surface area contributed by atoms with Gasteiger partial charge in [-0.1, -0.05) is 18.2 Å². The summed E-state index contributed by atoms with van der Waals surface area (Å²) in [7, 11) is 0. The Labute approximate surface area is 239 Å². The Kier molecular flexibility index (Phi) is 12.5. The smallest absolute Gasteiger partial charge is 0.462 e. The minimum Gasteiger partial charge on any atom is -0.492 e. The van der Waals surface area contributed by atoms with Crippen molar-refractivity contribution in [2.75, 3.05) is 32.9 Å². The molecule has 8 nitrogen and oxygen atoms in total. The van der Waals surface area contributed by atoms with Gasteiger partial charge in [-0.05, 0) is 30.7 Å². The van der Waals surface area contributed by atoms with Crippen LogP contribution in [0.2, 0.25) is 0 Å². The molecule has 17 heteroatoms. The maximum atomic E-state index is 13.9. The highest BCUT2D eigenvalue weighted by Crippen LogP contribution is 2.46. The van der Waals surface area contributed by atoms with Crippen molar-refractivity contribution in [3.63, 3.8) is 0 Å². The monoisotopic (exact) mass is 634 g/mol. The first-order chi connectivity index (χ1) is 20.0. The van der Waals surface area contributed by atoms with Crippen molar-refractivity contribution < 1.29 is 68.4 Å². The number of carbonyl (C=O) groups is 2. The van der Waals surface area contributed by atoms with Crippen LogP contribution in [0, 0.1) is 11.6 Å². The number of nitrogens with zero attached hydrogens (tertiary/aromatic N) is 1. The van der Waals surface area contributed by atoms with Gasteiger partial charge in [0.05, 0.1) is 13.2 Å². The van der Waals surface area contributed by atoms with Crippen LogP contribution in [0.5, 0.6) is 5.75 Å². The van der Waals surface area contributed by atoms with E-state index in [1.165, 1.54) is 24.3 Å². The summed E-state index contributed by atoms with van der Waals surface area (Å²) in [4.78, 5) is 24.6. The van der Waals surface area contributed by atoms with Crippen molar-refractivity contribution in [1.82, 2.24) is 10.2 Å². The van der Waals surface area contributed by atoms with Crippen LogP contribution in [-0.4, -0.2) is 79.2 Å². The van der Waals surface area contributed by atoms with Crippen LogP contribution >= 0.6 is 0 Å². The number of carboxylic acid groups (broad SMARTS) is 1. The highest BCUT2D eigenvalue weighted by molar-refractivity contribution is 5.74. The number of nitrogens with one attached hydrogen (secondary N) is 1. The van der Waals surface area contributed by atoms with Gasteiger partial charge in [-0.15, -0.1) is 0 Å². The zero-order valence-corrected chi connectivity index (χ0v) is 22.4. The maximum Gasteiger partial charge on any atom is 0.462 e. The van der Waals surface area contributed by atoms with Gasteiger partial charge in [0, 0.05) is 37.7 Å². The van der Waals surface area contributed by atoms with E-state index in [0.717, 1.165) is 12.1 Å². The fraction of sp³-hybridized carbons (Fsp3) is 0.462. The number of halogens is 9. The third-order valence-electron chi connectivity index (χ3n) is 5.72. The molecular formula is C26H27F9N2O6. The quantitative estimate of drug-likeness (QED) is 0.241. The molecule has 0 saturated carbocycles. The van der Waals surface area contributed by atoms with Crippen LogP contribution in [0.3, 0.4) is 0 Å². The Morgan fingerprint density at radius 1 is 0.953 bits per heavy atom. The first kappa shape index (κ1) is 35.5. The number of hydrogen-bond acceptors (Lipinski definition) is 5. The second-order valence-electron chi connectivity index (χ2n) is 8.80. The Morgan fingerprint density at radius 2 is 1.58 bits per heavy atom. The minimum absolute atomic E-state index is 0.0457. The summed E-state index contributed by atoms with van der Waals surface area (Å²) >= 11 is 0. The minimum atomic E-state index is -6.62. The average Bonchev–Trinajstić information content (AvgIpc) is 2.91. The van der Waals surface area contributed by atoms with Crippen LogP contribution in [-0.2, 0) is 27.2 Å². The van der Waals surface area contributed by atoms with Gasteiger partial charge in [-0.3, -0.25) is 0 Å². The predicted octanol–water partition coefficient (Wildman–Crippen LogP) is 5.39. The molecule has 1 unspecified atom stereocenters. The molecule has 0 saturated heterocycles. The number of rotatable bonds is 16. The Morgan fingerprint density at radius 3 is 2.14 bits per heavy atom. The highest BCUT2D eigenvalue weighted by Gasteiger charge is 2.74. The molecule has 0 radical (unpaired) electrons. The molecule has 1 atom stereocenters. The fourth-order valence-corrected chi connectivity index (χ4v) is 3.43. The van der Waals surface area contributed by atoms with Crippen molar-refractivity contribution >= 4 is 12.0 Å². The second kappa shape index (κ2) is 15.1. The van der Waals surface area contributed by atoms with E-state index in [9.17, 15) is 54.2 Å². The van der Waals surface area contributed by atoms with Gasteiger partial charge < -0.3 is 29.5 Å². The van der Waals surface area contributed by atoms with E-state index >= 15 is 0 Å². The number of carbonyl (C=O) groups excluding carboxylic acids is 1. The molecule has 2 N–H and O–H groups in total. The van der Waals surface area contributed by atoms with Gasteiger partial charge in [0.1, 0.15) is 24.0 Å². The third kappa shape index (κ3) is 10.2. The summed E-state index contributed by atoms with van der Waals surface area (Å²) < 4.78 is 131. The van der Waals surface area contributed by atoms with Crippen molar-refractivity contribution in [3.8, 4) is 5.75 Å². The van der Waals surface area contributed by atoms with E-state index in [0.29, 0.717) is 16.5 Å². The molecule has 0 aliphatic carbocycles. The van der Waals surface area contributed by atoms with Crippen molar-refractivity contribution in [2.45, 2.75) is 44.2 Å². The molecular weight excluding hydrogens is 607 g/mol. The summed E-state index contributed by atoms with van der Waals surface area (Å²) in [6, 6.07) is 7.32. The molecule has 0 bridgehead atoms. The number of alkyl halides is 7. The normalized spacial score (nSPS) is 13.0. The Bertz CT molecular complexity index is 1210. The molecule has 0 fully saturated rings. The van der Waals surface area contributed by atoms with Gasteiger partial charge in [0.25, 0.3) is 0 Å². The lowest BCUT2D eigenvalue weighted by Crippen LogP contribution is -2.54. The molecule has 0 aliphatic rings. The van der Waals surface area contributed by atoms with E-state index in [4.69, 9.17) is 9.47 Å². The van der Waals surface area contributed by atoms with Crippen LogP contribution in [0.4, 0.5) is 44.3 Å². The summed E-state index contributed by atoms with van der Waals surface area (Å²) in [5, 5.41) is 11.4. The predicted molar refractivity (Wildman–Crippen MR) is 131 cm³/mol. The average molecular weight is 634 g/mol. The number of hydrogen-bond donors (Lipinski definition) is 2. The van der Waals surface area contributed by atoms with Crippen molar-refractivity contribution in [3.05, 3.63) is 65.2 Å². The molecule has 240 valence electrons. The number of ether oxygens (including phenoxy) is 3. The van der Waals surface area contributed by atoms with Crippen LogP contribution in [0.25, 0.3) is 0 Å². The molecule has 0 aromatic heterocycles. The largest absolute Gasteiger partial charge is 0.492 e. The first-order valence-electron chi connectivity index (χ1n) is 12.5. The Balaban J connectivity index is 2.05. The van der Waals surface area contributed by atoms with Crippen LogP contribution in [0.1, 0.15) is 18.1 Å². The number of urea groups is 1. The van der Waals surface area contributed by atoms with Crippen molar-refractivity contribution in [1.29, 1.82) is 0 Å². The van der Waals surface area contributed by atoms with Gasteiger partial charge in [0.15, 0.2) is 6.10 Å². The maximum absolute atomic E-state index is 13.9. The summed E-state index contributed by atoms with van der Waals surface area (Å²) in [5.74, 6) is -9.38. The van der Waals surface area contributed by atoms with Crippen LogP contribution in [0.15, 0.2) is 42.5 Å². The number of amides is 2. The Hall–Kier alpha value is -3.73. The molecule has 2 aromatic carbocycles. The highest BCUT2D eigenvalue weighted by atomic mass is 19.4. The molecule has 43 heavy (non-hydrogen) atoms. The zero-order chi connectivity index (χ0) is 32.4. The molecule has 2 aromatic rings. The summed E-state index contributed by atoms with van der Waals surface area (Å²) in [6.07, 6.45) is -13.6. The molecule has 0 spiro atoms. The van der Waals surface area contributed by atoms with E-state index in [-0.39, 0.29) is 30.9 Å². The molecule has 2 amide bonds. The van der Waals surface area contributed by atoms with Crippen molar-refractivity contribution in [2.24, 2.45) is 0 Å². The van der Waals surface area contributed by atoms with Gasteiger partial charge in [-0.25, -0.2) is 18.4 Å². The number of carboxylic acids is 1. The number of aliphatic carboxylic acids is 1. The first-order valence-corrected chi connectivity index (χ1v) is 12.5. The van der Waals surface area contributed by atoms with Gasteiger partial charge in [0.2, 0.25) is 0 Å². The standard InChI is InChI=1S/C26H27F9N2O6/c1-2-41-21(22(38)39)13-16-3-7-19(8-4-16)42-11-9-37(10-12-43-26(34,35)24(29,30)25(31,32)33)23(40)36-15-17-5-6-18(27)14-20(17)28/h3-8,14,21H,2,9-13,15H2,1H3,(H,36,40)(H,38,39). The van der Waals surface area contributed by atoms with E-state index in [1.807, 2.05) is 0 Å². The van der Waals surface area contributed by atoms with Crippen LogP contribution < -0.4 is 10.1 Å². The summed E-state index contributed by atoms with van der Waals surface area (Å²) in [6.45, 7) is -1.87. The van der Waals surface area contributed by atoms with E-state index in [1.54, 1.807) is 6.92 Å². The zero-order valence-electron chi connectivity index (χ0n) is 22.4. The topological polar surface area (TPSA) is 97.3 Å². The fourth-order valence-electron chi connectivity index (χ4n) is 3.43. The van der Waals surface area contributed by atoms with E-state index in [2.05, 4.69) is 10.1 Å². The molecule has 0 heterocycles. The van der Waals surface area contributed by atoms with Gasteiger partial charge in [-0.2, -0.15) is 30.7 Å². The summed E-state index contributed by atoms with van der Waals surface area (Å²) in [5.41, 5.74) is 0.407. The molecule has 0 aliphatic heterocycles. The molecule has 2 rings (SSSR count). The number of benzene rings is 2. The second-order valence-corrected chi connectivity index (χ2v) is 8.80. The lowest BCUT2D eigenvalue weighted by Gasteiger charge is -2.29. The lowest BCUT2D eigenvalue weighted by atomic mass is 10.1. The van der Waals surface area contributed by atoms with E-state index < -0.39 is 74.2 Å². The lowest BCUT2D eigenvalue weighted by molar-refractivity contribution is -0.423.